The normalized spacial score (nSPS) is 14.5. The number of H-pyrrole nitrogens is 1. The smallest absolute Gasteiger partial charge is 0.220 e. The van der Waals surface area contributed by atoms with Crippen LogP contribution in [0, 0.1) is 11.3 Å². The molecule has 6 heteroatoms. The summed E-state index contributed by atoms with van der Waals surface area (Å²) in [5, 5.41) is 18.7. The predicted octanol–water partition coefficient (Wildman–Crippen LogP) is 7.63. The Morgan fingerprint density at radius 1 is 1.19 bits per heavy atom. The average molecular weight is 492 g/mol. The number of hydrogen-bond acceptors (Lipinski definition) is 5. The third kappa shape index (κ3) is 9.84. The van der Waals surface area contributed by atoms with Crippen LogP contribution in [-0.4, -0.2) is 27.5 Å². The van der Waals surface area contributed by atoms with Crippen molar-refractivity contribution in [1.82, 2.24) is 20.5 Å². The van der Waals surface area contributed by atoms with Crippen molar-refractivity contribution in [2.75, 3.05) is 6.61 Å². The molecule has 0 aromatic carbocycles. The lowest BCUT2D eigenvalue weighted by Gasteiger charge is -2.16. The molecule has 0 radical (unpaired) electrons. The van der Waals surface area contributed by atoms with Gasteiger partial charge in [-0.1, -0.05) is 52.0 Å². The number of hydrogen-bond donors (Lipinski definition) is 3. The van der Waals surface area contributed by atoms with E-state index < -0.39 is 0 Å². The molecule has 2 aromatic rings. The molecular weight excluding hydrogens is 446 g/mol. The van der Waals surface area contributed by atoms with E-state index in [0.29, 0.717) is 24.7 Å². The second-order valence-electron chi connectivity index (χ2n) is 9.38. The zero-order valence-corrected chi connectivity index (χ0v) is 23.1. The summed E-state index contributed by atoms with van der Waals surface area (Å²) in [5.74, 6) is 1.78. The quantitative estimate of drug-likeness (QED) is 0.198. The first-order valence-electron chi connectivity index (χ1n) is 13.4. The number of unbranched alkanes of at least 4 members (excludes halogenated alkanes) is 1. The molecule has 2 aromatic heterocycles. The van der Waals surface area contributed by atoms with Gasteiger partial charge in [-0.25, -0.2) is 4.98 Å². The molecule has 0 spiro atoms. The summed E-state index contributed by atoms with van der Waals surface area (Å²) in [7, 11) is 0. The van der Waals surface area contributed by atoms with E-state index in [1.165, 1.54) is 25.7 Å². The summed E-state index contributed by atoms with van der Waals surface area (Å²) in [6.07, 6.45) is 17.6. The zero-order valence-electron chi connectivity index (χ0n) is 23.1. The maximum Gasteiger partial charge on any atom is 0.220 e. The SMILES string of the molecule is CCC/C=C(C(C)=N)/C(C)=C(\C=C(/C)c1cccnc1OCC)NCc1cn[nH]c1.CCCC1CC1. The Morgan fingerprint density at radius 3 is 2.53 bits per heavy atom. The Balaban J connectivity index is 0.000000662. The minimum atomic E-state index is 0.561. The summed E-state index contributed by atoms with van der Waals surface area (Å²) in [6.45, 7) is 13.5. The standard InChI is InChI=1S/C24H33N5O.C6H12/c1-6-8-10-22(19(5)25)18(4)23(27-14-20-15-28-29-16-20)13-17(3)21-11-9-12-26-24(21)30-7-2;1-2-3-6-4-5-6/h9-13,15-16,25,27H,6-8,14H2,1-5H3,(H,28,29);6H,2-5H2,1H3/b17-13+,22-10-,23-18+,25-19?;. The van der Waals surface area contributed by atoms with E-state index in [4.69, 9.17) is 10.1 Å². The third-order valence-corrected chi connectivity index (χ3v) is 6.12. The number of aromatic amines is 1. The van der Waals surface area contributed by atoms with Gasteiger partial charge in [0, 0.05) is 41.5 Å². The van der Waals surface area contributed by atoms with Crippen LogP contribution in [0.3, 0.4) is 0 Å². The van der Waals surface area contributed by atoms with Crippen LogP contribution in [0.2, 0.25) is 0 Å². The van der Waals surface area contributed by atoms with Gasteiger partial charge in [-0.3, -0.25) is 5.10 Å². The van der Waals surface area contributed by atoms with Gasteiger partial charge in [0.2, 0.25) is 5.88 Å². The summed E-state index contributed by atoms with van der Waals surface area (Å²) in [6, 6.07) is 3.93. The van der Waals surface area contributed by atoms with Crippen molar-refractivity contribution in [3.8, 4) is 5.88 Å². The molecule has 6 nitrogen and oxygen atoms in total. The average Bonchev–Trinajstić information content (AvgIpc) is 3.53. The monoisotopic (exact) mass is 491 g/mol. The number of nitrogens with zero attached hydrogens (tertiary/aromatic N) is 2. The van der Waals surface area contributed by atoms with Crippen LogP contribution in [0.1, 0.15) is 91.2 Å². The number of nitrogens with one attached hydrogen (secondary N) is 3. The van der Waals surface area contributed by atoms with E-state index >= 15 is 0 Å². The summed E-state index contributed by atoms with van der Waals surface area (Å²) < 4.78 is 5.71. The summed E-state index contributed by atoms with van der Waals surface area (Å²) in [4.78, 5) is 4.37. The Labute approximate surface area is 217 Å². The maximum absolute atomic E-state index is 8.26. The largest absolute Gasteiger partial charge is 0.478 e. The van der Waals surface area contributed by atoms with Crippen LogP contribution < -0.4 is 10.1 Å². The van der Waals surface area contributed by atoms with Crippen LogP contribution in [0.15, 0.2) is 59.7 Å². The molecule has 2 heterocycles. The van der Waals surface area contributed by atoms with Gasteiger partial charge < -0.3 is 15.5 Å². The van der Waals surface area contributed by atoms with Crippen molar-refractivity contribution >= 4 is 11.3 Å². The molecule has 1 fully saturated rings. The zero-order chi connectivity index (χ0) is 26.3. The lowest BCUT2D eigenvalue weighted by Crippen LogP contribution is -2.15. The first-order valence-corrected chi connectivity index (χ1v) is 13.4. The topological polar surface area (TPSA) is 86.7 Å². The highest BCUT2D eigenvalue weighted by Crippen LogP contribution is 2.33. The fourth-order valence-corrected chi connectivity index (χ4v) is 3.94. The number of ether oxygens (including phenoxy) is 1. The highest BCUT2D eigenvalue weighted by molar-refractivity contribution is 6.00. The number of aromatic nitrogens is 3. The van der Waals surface area contributed by atoms with Crippen LogP contribution in [0.25, 0.3) is 5.57 Å². The van der Waals surface area contributed by atoms with Crippen LogP contribution in [-0.2, 0) is 6.54 Å². The Morgan fingerprint density at radius 2 is 1.97 bits per heavy atom. The van der Waals surface area contributed by atoms with Crippen LogP contribution in [0.5, 0.6) is 5.88 Å². The highest BCUT2D eigenvalue weighted by atomic mass is 16.5. The molecule has 196 valence electrons. The Kier molecular flexibility index (Phi) is 12.7. The first kappa shape index (κ1) is 29.1. The first-order chi connectivity index (χ1) is 17.4. The van der Waals surface area contributed by atoms with Gasteiger partial charge in [0.25, 0.3) is 0 Å². The molecule has 0 unspecified atom stereocenters. The molecule has 36 heavy (non-hydrogen) atoms. The van der Waals surface area contributed by atoms with Crippen molar-refractivity contribution in [2.45, 2.75) is 86.6 Å². The molecular formula is C30H45N5O. The van der Waals surface area contributed by atoms with E-state index in [1.54, 1.807) is 12.4 Å². The minimum Gasteiger partial charge on any atom is -0.478 e. The van der Waals surface area contributed by atoms with Gasteiger partial charge in [-0.15, -0.1) is 0 Å². The Hall–Kier alpha value is -3.15. The second kappa shape index (κ2) is 15.8. The van der Waals surface area contributed by atoms with Gasteiger partial charge in [0.05, 0.1) is 12.8 Å². The summed E-state index contributed by atoms with van der Waals surface area (Å²) >= 11 is 0. The van der Waals surface area contributed by atoms with Crippen LogP contribution in [0.4, 0.5) is 0 Å². The van der Waals surface area contributed by atoms with E-state index in [2.05, 4.69) is 60.3 Å². The van der Waals surface area contributed by atoms with Crippen molar-refractivity contribution in [3.63, 3.8) is 0 Å². The van der Waals surface area contributed by atoms with Crippen molar-refractivity contribution in [2.24, 2.45) is 5.92 Å². The summed E-state index contributed by atoms with van der Waals surface area (Å²) in [5.41, 5.74) is 6.60. The molecule has 0 atom stereocenters. The van der Waals surface area contributed by atoms with Crippen molar-refractivity contribution < 1.29 is 4.74 Å². The maximum atomic E-state index is 8.26. The third-order valence-electron chi connectivity index (χ3n) is 6.12. The second-order valence-corrected chi connectivity index (χ2v) is 9.38. The van der Waals surface area contributed by atoms with Crippen molar-refractivity contribution in [1.29, 1.82) is 5.41 Å². The van der Waals surface area contributed by atoms with Gasteiger partial charge in [-0.2, -0.15) is 5.10 Å². The lowest BCUT2D eigenvalue weighted by molar-refractivity contribution is 0.326. The molecule has 3 N–H and O–H groups in total. The molecule has 3 rings (SSSR count). The van der Waals surface area contributed by atoms with E-state index in [1.807, 2.05) is 32.2 Å². The van der Waals surface area contributed by atoms with Gasteiger partial charge in [-0.05, 0) is 75.0 Å². The highest BCUT2D eigenvalue weighted by Gasteiger charge is 2.18. The molecule has 0 bridgehead atoms. The van der Waals surface area contributed by atoms with Gasteiger partial charge in [0.1, 0.15) is 0 Å². The lowest BCUT2D eigenvalue weighted by atomic mass is 9.97. The predicted molar refractivity (Wildman–Crippen MR) is 151 cm³/mol. The van der Waals surface area contributed by atoms with E-state index in [-0.39, 0.29) is 0 Å². The fraction of sp³-hybridized carbons (Fsp3) is 0.500. The molecule has 0 aliphatic heterocycles. The number of rotatable bonds is 13. The number of allylic oxidation sites excluding steroid dienone is 5. The van der Waals surface area contributed by atoms with Crippen LogP contribution >= 0.6 is 0 Å². The number of pyridine rings is 1. The Bertz CT molecular complexity index is 1030. The molecule has 1 aliphatic carbocycles. The van der Waals surface area contributed by atoms with Crippen molar-refractivity contribution in [3.05, 3.63) is 70.8 Å². The molecule has 0 amide bonds. The molecule has 0 saturated heterocycles. The van der Waals surface area contributed by atoms with E-state index in [9.17, 15) is 0 Å². The van der Waals surface area contributed by atoms with Gasteiger partial charge >= 0.3 is 0 Å². The van der Waals surface area contributed by atoms with Gasteiger partial charge in [0.15, 0.2) is 0 Å². The molecule has 1 aliphatic rings. The molecule has 1 saturated carbocycles. The minimum absolute atomic E-state index is 0.561. The van der Waals surface area contributed by atoms with E-state index in [0.717, 1.165) is 52.3 Å². The fourth-order valence-electron chi connectivity index (χ4n) is 3.94.